The van der Waals surface area contributed by atoms with Crippen molar-refractivity contribution in [3.8, 4) is 5.82 Å². The number of nitrogen functional groups attached to an aromatic ring is 1. The van der Waals surface area contributed by atoms with E-state index in [0.717, 1.165) is 0 Å². The van der Waals surface area contributed by atoms with Gasteiger partial charge in [-0.15, -0.1) is 0 Å². The second-order valence-corrected chi connectivity index (χ2v) is 5.37. The normalized spacial score (nSPS) is 18.0. The van der Waals surface area contributed by atoms with Crippen molar-refractivity contribution in [2.75, 3.05) is 30.3 Å². The molecule has 3 aromatic heterocycles. The number of nitrogens with zero attached hydrogens (tertiary/aromatic N) is 7. The van der Waals surface area contributed by atoms with Gasteiger partial charge in [0.15, 0.2) is 5.82 Å². The Balaban J connectivity index is 1.61. The first-order valence-electron chi connectivity index (χ1n) is 7.50. The van der Waals surface area contributed by atoms with Crippen LogP contribution >= 0.6 is 0 Å². The fraction of sp³-hybridized carbons (Fsp3) is 0.357. The zero-order valence-electron chi connectivity index (χ0n) is 13.0. The van der Waals surface area contributed by atoms with Gasteiger partial charge in [-0.3, -0.25) is 0 Å². The minimum atomic E-state index is -0.277. The lowest BCUT2D eigenvalue weighted by atomic mass is 10.2. The molecule has 10 nitrogen and oxygen atoms in total. The van der Waals surface area contributed by atoms with E-state index in [0.29, 0.717) is 43.0 Å². The second kappa shape index (κ2) is 5.89. The molecular weight excluding hydrogens is 312 g/mol. The molecule has 0 spiro atoms. The SMILES string of the molecule is Cc1nc([C@@H]2CN(c3cc(-n4cccn4)nc(N)n3)CCO2)no1. The van der Waals surface area contributed by atoms with Gasteiger partial charge in [0.25, 0.3) is 0 Å². The van der Waals surface area contributed by atoms with Crippen LogP contribution in [0.15, 0.2) is 29.0 Å². The van der Waals surface area contributed by atoms with E-state index >= 15 is 0 Å². The van der Waals surface area contributed by atoms with Crippen LogP contribution in [0, 0.1) is 6.92 Å². The molecule has 0 saturated carbocycles. The quantitative estimate of drug-likeness (QED) is 0.733. The molecule has 10 heteroatoms. The summed E-state index contributed by atoms with van der Waals surface area (Å²) in [4.78, 5) is 14.9. The highest BCUT2D eigenvalue weighted by Crippen LogP contribution is 2.24. The molecule has 0 bridgehead atoms. The third kappa shape index (κ3) is 2.78. The Morgan fingerprint density at radius 3 is 2.88 bits per heavy atom. The third-order valence-corrected chi connectivity index (χ3v) is 3.68. The number of aryl methyl sites for hydroxylation is 1. The van der Waals surface area contributed by atoms with Crippen molar-refractivity contribution >= 4 is 11.8 Å². The molecule has 0 amide bonds. The van der Waals surface area contributed by atoms with E-state index in [1.807, 2.05) is 12.1 Å². The van der Waals surface area contributed by atoms with Gasteiger partial charge in [-0.2, -0.15) is 20.1 Å². The zero-order valence-corrected chi connectivity index (χ0v) is 13.0. The van der Waals surface area contributed by atoms with Gasteiger partial charge in [0, 0.05) is 31.9 Å². The molecule has 0 radical (unpaired) electrons. The fourth-order valence-electron chi connectivity index (χ4n) is 2.58. The summed E-state index contributed by atoms with van der Waals surface area (Å²) in [5.74, 6) is 2.56. The van der Waals surface area contributed by atoms with Gasteiger partial charge in [0.2, 0.25) is 17.7 Å². The third-order valence-electron chi connectivity index (χ3n) is 3.68. The average molecular weight is 328 g/mol. The Labute approximate surface area is 137 Å². The lowest BCUT2D eigenvalue weighted by Crippen LogP contribution is -2.39. The summed E-state index contributed by atoms with van der Waals surface area (Å²) >= 11 is 0. The van der Waals surface area contributed by atoms with E-state index in [4.69, 9.17) is 15.0 Å². The monoisotopic (exact) mass is 328 g/mol. The first-order valence-corrected chi connectivity index (χ1v) is 7.50. The maximum atomic E-state index is 5.86. The maximum Gasteiger partial charge on any atom is 0.224 e. The van der Waals surface area contributed by atoms with Crippen LogP contribution in [0.3, 0.4) is 0 Å². The van der Waals surface area contributed by atoms with Crippen LogP contribution in [0.2, 0.25) is 0 Å². The van der Waals surface area contributed by atoms with Crippen molar-refractivity contribution in [2.45, 2.75) is 13.0 Å². The molecule has 124 valence electrons. The number of hydrogen-bond acceptors (Lipinski definition) is 9. The predicted octanol–water partition coefficient (Wildman–Crippen LogP) is 0.514. The van der Waals surface area contributed by atoms with Crippen molar-refractivity contribution in [3.63, 3.8) is 0 Å². The summed E-state index contributed by atoms with van der Waals surface area (Å²) in [5.41, 5.74) is 5.86. The molecule has 3 aromatic rings. The van der Waals surface area contributed by atoms with Crippen molar-refractivity contribution < 1.29 is 9.26 Å². The maximum absolute atomic E-state index is 5.86. The van der Waals surface area contributed by atoms with Crippen LogP contribution < -0.4 is 10.6 Å². The van der Waals surface area contributed by atoms with E-state index in [2.05, 4.69) is 30.1 Å². The number of anilines is 2. The number of rotatable bonds is 3. The number of aromatic nitrogens is 6. The topological polar surface area (TPSA) is 121 Å². The van der Waals surface area contributed by atoms with Crippen molar-refractivity contribution in [1.82, 2.24) is 29.9 Å². The van der Waals surface area contributed by atoms with Crippen molar-refractivity contribution in [3.05, 3.63) is 36.2 Å². The van der Waals surface area contributed by atoms with Crippen LogP contribution in [0.5, 0.6) is 0 Å². The summed E-state index contributed by atoms with van der Waals surface area (Å²) in [6.07, 6.45) is 3.21. The molecule has 4 heterocycles. The standard InChI is InChI=1S/C14H16N8O2/c1-9-17-13(20-24-9)10-8-21(5-6-23-10)11-7-12(19-14(15)18-11)22-4-2-3-16-22/h2-4,7,10H,5-6,8H2,1H3,(H2,15,18,19)/t10-/m0/s1. The van der Waals surface area contributed by atoms with Gasteiger partial charge in [-0.05, 0) is 6.07 Å². The van der Waals surface area contributed by atoms with Gasteiger partial charge in [0.1, 0.15) is 11.9 Å². The van der Waals surface area contributed by atoms with E-state index in [9.17, 15) is 0 Å². The van der Waals surface area contributed by atoms with E-state index in [-0.39, 0.29) is 12.1 Å². The lowest BCUT2D eigenvalue weighted by molar-refractivity contribution is 0.0323. The minimum Gasteiger partial charge on any atom is -0.368 e. The van der Waals surface area contributed by atoms with Crippen LogP contribution in [-0.2, 0) is 4.74 Å². The van der Waals surface area contributed by atoms with E-state index < -0.39 is 0 Å². The largest absolute Gasteiger partial charge is 0.368 e. The van der Waals surface area contributed by atoms with E-state index in [1.54, 1.807) is 24.0 Å². The highest BCUT2D eigenvalue weighted by molar-refractivity contribution is 5.48. The Morgan fingerprint density at radius 2 is 2.12 bits per heavy atom. The number of morpholine rings is 1. The molecule has 2 N–H and O–H groups in total. The van der Waals surface area contributed by atoms with Gasteiger partial charge >= 0.3 is 0 Å². The molecule has 24 heavy (non-hydrogen) atoms. The number of nitrogens with two attached hydrogens (primary N) is 1. The Hall–Kier alpha value is -3.01. The first kappa shape index (κ1) is 14.6. The average Bonchev–Trinajstić information content (AvgIpc) is 3.26. The zero-order chi connectivity index (χ0) is 16.5. The van der Waals surface area contributed by atoms with E-state index in [1.165, 1.54) is 0 Å². The van der Waals surface area contributed by atoms with Gasteiger partial charge in [-0.1, -0.05) is 5.16 Å². The van der Waals surface area contributed by atoms with Crippen LogP contribution in [0.4, 0.5) is 11.8 Å². The highest BCUT2D eigenvalue weighted by Gasteiger charge is 2.27. The summed E-state index contributed by atoms with van der Waals surface area (Å²) in [5, 5.41) is 8.11. The molecule has 0 aromatic carbocycles. The van der Waals surface area contributed by atoms with Gasteiger partial charge in [-0.25, -0.2) is 4.68 Å². The molecule has 0 unspecified atom stereocenters. The number of hydrogen-bond donors (Lipinski definition) is 1. The Morgan fingerprint density at radius 1 is 1.25 bits per heavy atom. The van der Waals surface area contributed by atoms with Crippen molar-refractivity contribution in [2.24, 2.45) is 0 Å². The highest BCUT2D eigenvalue weighted by atomic mass is 16.5. The smallest absolute Gasteiger partial charge is 0.224 e. The Bertz CT molecular complexity index is 831. The molecule has 1 saturated heterocycles. The second-order valence-electron chi connectivity index (χ2n) is 5.37. The molecule has 1 fully saturated rings. The Kier molecular flexibility index (Phi) is 3.58. The van der Waals surface area contributed by atoms with Gasteiger partial charge < -0.3 is 19.9 Å². The molecule has 1 atom stereocenters. The molecule has 1 aliphatic rings. The summed E-state index contributed by atoms with van der Waals surface area (Å²) in [6, 6.07) is 3.66. The van der Waals surface area contributed by atoms with Crippen LogP contribution in [0.1, 0.15) is 17.8 Å². The summed E-state index contributed by atoms with van der Waals surface area (Å²) in [7, 11) is 0. The predicted molar refractivity (Wildman–Crippen MR) is 83.5 cm³/mol. The molecule has 1 aliphatic heterocycles. The van der Waals surface area contributed by atoms with Crippen LogP contribution in [0.25, 0.3) is 5.82 Å². The molecular formula is C14H16N8O2. The van der Waals surface area contributed by atoms with Crippen LogP contribution in [-0.4, -0.2) is 49.6 Å². The van der Waals surface area contributed by atoms with Crippen molar-refractivity contribution in [1.29, 1.82) is 0 Å². The minimum absolute atomic E-state index is 0.191. The lowest BCUT2D eigenvalue weighted by Gasteiger charge is -2.32. The first-order chi connectivity index (χ1) is 11.7. The molecule has 0 aliphatic carbocycles. The summed E-state index contributed by atoms with van der Waals surface area (Å²) in [6.45, 7) is 3.51. The molecule has 4 rings (SSSR count). The van der Waals surface area contributed by atoms with Gasteiger partial charge in [0.05, 0.1) is 13.2 Å². The number of ether oxygens (including phenoxy) is 1. The summed E-state index contributed by atoms with van der Waals surface area (Å²) < 4.78 is 12.4. The fourth-order valence-corrected chi connectivity index (χ4v) is 2.58.